The summed E-state index contributed by atoms with van der Waals surface area (Å²) < 4.78 is 9.20. The molecule has 0 N–H and O–H groups in total. The number of esters is 2. The molecule has 4 heteroatoms. The summed E-state index contributed by atoms with van der Waals surface area (Å²) >= 11 is 0. The molecule has 0 unspecified atom stereocenters. The fraction of sp³-hybridized carbons (Fsp3) is 0.500. The lowest BCUT2D eigenvalue weighted by Crippen LogP contribution is -2.00. The second-order valence-corrected chi connectivity index (χ2v) is 3.21. The standard InChI is InChI=1S/C7H12O2.C5H6O2/c1-3-5-6-9-7(8)4-2;1-4-2-3-7-5(4)6/h4H,2-3,5-6H2,1H3;1-3H2. The molecule has 1 saturated heterocycles. The second kappa shape index (κ2) is 8.71. The van der Waals surface area contributed by atoms with Crippen LogP contribution in [0.25, 0.3) is 0 Å². The van der Waals surface area contributed by atoms with Gasteiger partial charge in [-0.05, 0) is 6.42 Å². The van der Waals surface area contributed by atoms with Gasteiger partial charge in [-0.2, -0.15) is 0 Å². The molecule has 0 saturated carbocycles. The molecule has 1 aliphatic rings. The molecule has 0 aromatic heterocycles. The molecule has 0 aromatic rings. The van der Waals surface area contributed by atoms with E-state index in [2.05, 4.69) is 22.6 Å². The number of rotatable bonds is 4. The number of carbonyl (C=O) groups is 2. The average Bonchev–Trinajstić information content (AvgIpc) is 2.64. The molecule has 4 nitrogen and oxygen atoms in total. The van der Waals surface area contributed by atoms with Crippen molar-refractivity contribution in [3.05, 3.63) is 24.8 Å². The van der Waals surface area contributed by atoms with E-state index in [1.807, 2.05) is 6.92 Å². The first-order valence-electron chi connectivity index (χ1n) is 5.25. The van der Waals surface area contributed by atoms with Crippen LogP contribution >= 0.6 is 0 Å². The molecule has 0 amide bonds. The summed E-state index contributed by atoms with van der Waals surface area (Å²) in [6.45, 7) is 9.81. The summed E-state index contributed by atoms with van der Waals surface area (Å²) in [5.74, 6) is -0.566. The Labute approximate surface area is 95.9 Å². The Hall–Kier alpha value is -1.58. The van der Waals surface area contributed by atoms with Crippen LogP contribution in [0.5, 0.6) is 0 Å². The van der Waals surface area contributed by atoms with Gasteiger partial charge in [0.25, 0.3) is 0 Å². The molecule has 0 aromatic carbocycles. The molecule has 0 aliphatic carbocycles. The van der Waals surface area contributed by atoms with Gasteiger partial charge in [0.1, 0.15) is 0 Å². The predicted octanol–water partition coefficient (Wildman–Crippen LogP) is 2.01. The smallest absolute Gasteiger partial charge is 0.333 e. The summed E-state index contributed by atoms with van der Waals surface area (Å²) in [6.07, 6.45) is 3.86. The lowest BCUT2D eigenvalue weighted by molar-refractivity contribution is -0.138. The number of carbonyl (C=O) groups excluding carboxylic acids is 2. The minimum absolute atomic E-state index is 0.236. The van der Waals surface area contributed by atoms with Crippen molar-refractivity contribution >= 4 is 11.9 Å². The topological polar surface area (TPSA) is 52.6 Å². The predicted molar refractivity (Wildman–Crippen MR) is 60.8 cm³/mol. The monoisotopic (exact) mass is 226 g/mol. The highest BCUT2D eigenvalue weighted by Gasteiger charge is 2.14. The zero-order valence-electron chi connectivity index (χ0n) is 9.66. The summed E-state index contributed by atoms with van der Waals surface area (Å²) in [7, 11) is 0. The number of hydrogen-bond donors (Lipinski definition) is 0. The molecular formula is C12H18O4. The van der Waals surface area contributed by atoms with Crippen molar-refractivity contribution in [2.45, 2.75) is 26.2 Å². The molecule has 1 rings (SSSR count). The van der Waals surface area contributed by atoms with Gasteiger partial charge in [0.15, 0.2) is 0 Å². The molecular weight excluding hydrogens is 208 g/mol. The first kappa shape index (κ1) is 14.4. The third-order valence-electron chi connectivity index (χ3n) is 1.83. The Morgan fingerprint density at radius 3 is 2.62 bits per heavy atom. The third-order valence-corrected chi connectivity index (χ3v) is 1.83. The molecule has 90 valence electrons. The van der Waals surface area contributed by atoms with Gasteiger partial charge < -0.3 is 9.47 Å². The van der Waals surface area contributed by atoms with Crippen LogP contribution < -0.4 is 0 Å². The Morgan fingerprint density at radius 2 is 2.31 bits per heavy atom. The normalized spacial score (nSPS) is 13.6. The lowest BCUT2D eigenvalue weighted by atomic mass is 10.3. The van der Waals surface area contributed by atoms with E-state index in [4.69, 9.17) is 0 Å². The fourth-order valence-electron chi connectivity index (χ4n) is 0.847. The van der Waals surface area contributed by atoms with Gasteiger partial charge in [-0.1, -0.05) is 26.5 Å². The van der Waals surface area contributed by atoms with E-state index in [0.29, 0.717) is 25.2 Å². The number of hydrogen-bond acceptors (Lipinski definition) is 4. The summed E-state index contributed by atoms with van der Waals surface area (Å²) in [5.41, 5.74) is 0.597. The summed E-state index contributed by atoms with van der Waals surface area (Å²) in [6, 6.07) is 0. The Balaban J connectivity index is 0.000000288. The van der Waals surface area contributed by atoms with Gasteiger partial charge in [-0.25, -0.2) is 9.59 Å². The molecule has 16 heavy (non-hydrogen) atoms. The van der Waals surface area contributed by atoms with E-state index in [1.165, 1.54) is 6.08 Å². The Kier molecular flexibility index (Phi) is 7.85. The van der Waals surface area contributed by atoms with Gasteiger partial charge in [0.05, 0.1) is 13.2 Å². The van der Waals surface area contributed by atoms with Gasteiger partial charge in [-0.3, -0.25) is 0 Å². The maximum atomic E-state index is 10.3. The summed E-state index contributed by atoms with van der Waals surface area (Å²) in [4.78, 5) is 20.6. The van der Waals surface area contributed by atoms with E-state index in [1.54, 1.807) is 0 Å². The molecule has 1 fully saturated rings. The number of cyclic esters (lactones) is 1. The number of ether oxygens (including phenoxy) is 2. The maximum absolute atomic E-state index is 10.3. The highest BCUT2D eigenvalue weighted by Crippen LogP contribution is 2.08. The molecule has 0 bridgehead atoms. The maximum Gasteiger partial charge on any atom is 0.333 e. The quantitative estimate of drug-likeness (QED) is 0.418. The highest BCUT2D eigenvalue weighted by atomic mass is 16.5. The lowest BCUT2D eigenvalue weighted by Gasteiger charge is -1.97. The van der Waals surface area contributed by atoms with Crippen molar-refractivity contribution in [2.24, 2.45) is 0 Å². The third kappa shape index (κ3) is 6.81. The van der Waals surface area contributed by atoms with E-state index in [-0.39, 0.29) is 11.9 Å². The minimum atomic E-state index is -0.330. The van der Waals surface area contributed by atoms with Crippen LogP contribution in [0, 0.1) is 0 Å². The van der Waals surface area contributed by atoms with Crippen LogP contribution in [0.2, 0.25) is 0 Å². The second-order valence-electron chi connectivity index (χ2n) is 3.21. The van der Waals surface area contributed by atoms with E-state index < -0.39 is 0 Å². The first-order chi connectivity index (χ1) is 7.61. The van der Waals surface area contributed by atoms with Crippen LogP contribution in [0.1, 0.15) is 26.2 Å². The van der Waals surface area contributed by atoms with Crippen molar-refractivity contribution in [1.82, 2.24) is 0 Å². The van der Waals surface area contributed by atoms with E-state index in [0.717, 1.165) is 12.8 Å². The SMILES string of the molecule is C=C1CCOC1=O.C=CC(=O)OCCCC. The van der Waals surface area contributed by atoms with Crippen molar-refractivity contribution in [3.8, 4) is 0 Å². The van der Waals surface area contributed by atoms with Crippen molar-refractivity contribution < 1.29 is 19.1 Å². The molecule has 0 atom stereocenters. The fourth-order valence-corrected chi connectivity index (χ4v) is 0.847. The first-order valence-corrected chi connectivity index (χ1v) is 5.25. The van der Waals surface area contributed by atoms with Crippen molar-refractivity contribution in [3.63, 3.8) is 0 Å². The summed E-state index contributed by atoms with van der Waals surface area (Å²) in [5, 5.41) is 0. The molecule has 0 radical (unpaired) electrons. The van der Waals surface area contributed by atoms with Crippen molar-refractivity contribution in [2.75, 3.05) is 13.2 Å². The average molecular weight is 226 g/mol. The van der Waals surface area contributed by atoms with E-state index >= 15 is 0 Å². The van der Waals surface area contributed by atoms with Crippen LogP contribution in [-0.4, -0.2) is 25.2 Å². The molecule has 0 spiro atoms. The largest absolute Gasteiger partial charge is 0.463 e. The van der Waals surface area contributed by atoms with Crippen molar-refractivity contribution in [1.29, 1.82) is 0 Å². The Bertz CT molecular complexity index is 254. The zero-order valence-corrected chi connectivity index (χ0v) is 9.66. The number of unbranched alkanes of at least 4 members (excludes halogenated alkanes) is 1. The van der Waals surface area contributed by atoms with Crippen LogP contribution in [0.15, 0.2) is 24.8 Å². The van der Waals surface area contributed by atoms with Crippen LogP contribution in [0.3, 0.4) is 0 Å². The van der Waals surface area contributed by atoms with Gasteiger partial charge in [0.2, 0.25) is 0 Å². The van der Waals surface area contributed by atoms with Gasteiger partial charge in [0, 0.05) is 18.1 Å². The van der Waals surface area contributed by atoms with E-state index in [9.17, 15) is 9.59 Å². The highest BCUT2D eigenvalue weighted by molar-refractivity contribution is 5.89. The Morgan fingerprint density at radius 1 is 1.62 bits per heavy atom. The zero-order chi connectivity index (χ0) is 12.4. The molecule has 1 aliphatic heterocycles. The van der Waals surface area contributed by atoms with Crippen LogP contribution in [0.4, 0.5) is 0 Å². The minimum Gasteiger partial charge on any atom is -0.463 e. The van der Waals surface area contributed by atoms with Gasteiger partial charge >= 0.3 is 11.9 Å². The van der Waals surface area contributed by atoms with Gasteiger partial charge in [-0.15, -0.1) is 0 Å². The molecule has 1 heterocycles. The van der Waals surface area contributed by atoms with Crippen LogP contribution in [-0.2, 0) is 19.1 Å².